The Hall–Kier alpha value is 0.360. The van der Waals surface area contributed by atoms with Crippen LogP contribution in [0.25, 0.3) is 0 Å². The molecule has 0 radical (unpaired) electrons. The van der Waals surface area contributed by atoms with E-state index in [9.17, 15) is 0 Å². The van der Waals surface area contributed by atoms with Gasteiger partial charge in [0.15, 0.2) is 0 Å². The monoisotopic (exact) mass is 644 g/mol. The fourth-order valence-electron chi connectivity index (χ4n) is 6.31. The molecule has 0 aromatic heterocycles. The molecule has 1 aliphatic heterocycles. The van der Waals surface area contributed by atoms with E-state index in [0.29, 0.717) is 0 Å². The van der Waals surface area contributed by atoms with Crippen molar-refractivity contribution in [1.29, 1.82) is 0 Å². The molecule has 3 nitrogen and oxygen atoms in total. The number of halogens is 1. The number of alkyl halides is 1. The van der Waals surface area contributed by atoms with E-state index in [0.717, 1.165) is 30.7 Å². The maximum absolute atomic E-state index is 6.48. The van der Waals surface area contributed by atoms with Crippen molar-refractivity contribution in [3.8, 4) is 0 Å². The average Bonchev–Trinajstić information content (AvgIpc) is 2.94. The summed E-state index contributed by atoms with van der Waals surface area (Å²) >= 11 is 3.83. The summed E-state index contributed by atoms with van der Waals surface area (Å²) in [5.41, 5.74) is 0.213. The van der Waals surface area contributed by atoms with Gasteiger partial charge in [0.2, 0.25) is 4.70 Å². The van der Waals surface area contributed by atoms with Gasteiger partial charge in [-0.15, -0.1) is 0 Å². The third-order valence-corrected chi connectivity index (χ3v) is 10.2. The highest BCUT2D eigenvalue weighted by molar-refractivity contribution is 9.10. The fourth-order valence-corrected chi connectivity index (χ4v) is 6.72. The van der Waals surface area contributed by atoms with Crippen molar-refractivity contribution in [3.05, 3.63) is 0 Å². The Balaban J connectivity index is 2.30. The largest absolute Gasteiger partial charge is 0.340 e. The molecule has 0 aromatic rings. The van der Waals surface area contributed by atoms with E-state index in [-0.39, 0.29) is 5.41 Å². The molecule has 4 heteroatoms. The van der Waals surface area contributed by atoms with Crippen molar-refractivity contribution in [2.45, 2.75) is 192 Å². The van der Waals surface area contributed by atoms with Crippen LogP contribution in [0.5, 0.6) is 0 Å². The first-order valence-corrected chi connectivity index (χ1v) is 19.3. The summed E-state index contributed by atoms with van der Waals surface area (Å²) in [6, 6.07) is 0. The zero-order chi connectivity index (χ0) is 30.1. The lowest BCUT2D eigenvalue weighted by molar-refractivity contribution is -0.871. The van der Waals surface area contributed by atoms with Gasteiger partial charge in [0.05, 0.1) is 47.3 Å². The van der Waals surface area contributed by atoms with Crippen LogP contribution in [-0.2, 0) is 9.47 Å². The SMILES string of the molecule is CCCCCCCCCCCCCCC1(CCCCCCCCCCCCCC)COC(Br)(CC[N+](C)(C)C)OC1. The molecule has 41 heavy (non-hydrogen) atoms. The van der Waals surface area contributed by atoms with E-state index >= 15 is 0 Å². The normalized spacial score (nSPS) is 16.8. The molecular weight excluding hydrogens is 570 g/mol. The van der Waals surface area contributed by atoms with Crippen molar-refractivity contribution in [3.63, 3.8) is 0 Å². The third kappa shape index (κ3) is 22.5. The molecule has 0 saturated carbocycles. The van der Waals surface area contributed by atoms with Crippen molar-refractivity contribution in [2.75, 3.05) is 40.9 Å². The Morgan fingerprint density at radius 2 is 0.756 bits per heavy atom. The zero-order valence-electron chi connectivity index (χ0n) is 28.9. The standard InChI is InChI=1S/C37H75BrNO2/c1-6-8-10-12-14-16-18-20-22-24-26-28-30-36(34-40-37(38,41-35-36)32-33-39(3,4)5)31-29-27-25-23-21-19-17-15-13-11-9-7-2/h6-35H2,1-5H3/q+1. The Morgan fingerprint density at radius 3 is 1.05 bits per heavy atom. The second-order valence-electron chi connectivity index (χ2n) is 14.8. The Bertz CT molecular complexity index is 538. The van der Waals surface area contributed by atoms with Crippen molar-refractivity contribution >= 4 is 15.9 Å². The first kappa shape index (κ1) is 39.4. The Morgan fingerprint density at radius 1 is 0.463 bits per heavy atom. The van der Waals surface area contributed by atoms with Gasteiger partial charge >= 0.3 is 0 Å². The van der Waals surface area contributed by atoms with E-state index in [1.54, 1.807) is 0 Å². The maximum Gasteiger partial charge on any atom is 0.231 e. The first-order valence-electron chi connectivity index (χ1n) is 18.5. The van der Waals surface area contributed by atoms with E-state index in [1.807, 2.05) is 0 Å². The highest BCUT2D eigenvalue weighted by Gasteiger charge is 2.43. The van der Waals surface area contributed by atoms with Crippen LogP contribution in [-0.4, -0.2) is 50.1 Å². The highest BCUT2D eigenvalue weighted by atomic mass is 79.9. The molecule has 1 rings (SSSR count). The molecule has 1 aliphatic rings. The van der Waals surface area contributed by atoms with E-state index in [1.165, 1.54) is 167 Å². The van der Waals surface area contributed by atoms with Gasteiger partial charge in [-0.25, -0.2) is 0 Å². The topological polar surface area (TPSA) is 18.5 Å². The predicted octanol–water partition coefficient (Wildman–Crippen LogP) is 12.3. The molecule has 0 bridgehead atoms. The Kier molecular flexibility index (Phi) is 23.7. The first-order chi connectivity index (χ1) is 19.7. The fraction of sp³-hybridized carbons (Fsp3) is 1.00. The number of rotatable bonds is 29. The van der Waals surface area contributed by atoms with Crippen molar-refractivity contribution in [2.24, 2.45) is 5.41 Å². The van der Waals surface area contributed by atoms with Gasteiger partial charge in [-0.1, -0.05) is 168 Å². The summed E-state index contributed by atoms with van der Waals surface area (Å²) in [6.45, 7) is 7.35. The second kappa shape index (κ2) is 24.7. The van der Waals surface area contributed by atoms with Crippen LogP contribution in [0.1, 0.15) is 187 Å². The van der Waals surface area contributed by atoms with Crippen LogP contribution in [0.15, 0.2) is 0 Å². The molecule has 0 aliphatic carbocycles. The number of quaternary nitrogens is 1. The quantitative estimate of drug-likeness (QED) is 0.0458. The van der Waals surface area contributed by atoms with Crippen LogP contribution >= 0.6 is 15.9 Å². The maximum atomic E-state index is 6.48. The molecule has 0 amide bonds. The van der Waals surface area contributed by atoms with Gasteiger partial charge in [-0.05, 0) is 28.8 Å². The van der Waals surface area contributed by atoms with Gasteiger partial charge in [0, 0.05) is 5.41 Å². The molecule has 246 valence electrons. The number of nitrogens with zero attached hydrogens (tertiary/aromatic N) is 1. The number of unbranched alkanes of at least 4 members (excludes halogenated alkanes) is 22. The van der Waals surface area contributed by atoms with Crippen molar-refractivity contribution in [1.82, 2.24) is 0 Å². The van der Waals surface area contributed by atoms with Crippen LogP contribution in [0.4, 0.5) is 0 Å². The average molecular weight is 646 g/mol. The molecule has 0 atom stereocenters. The summed E-state index contributed by atoms with van der Waals surface area (Å²) in [5, 5.41) is 0. The molecule has 1 fully saturated rings. The van der Waals surface area contributed by atoms with Gasteiger partial charge in [0.1, 0.15) is 0 Å². The second-order valence-corrected chi connectivity index (χ2v) is 16.0. The van der Waals surface area contributed by atoms with Gasteiger partial charge in [-0.3, -0.25) is 0 Å². The Labute approximate surface area is 267 Å². The van der Waals surface area contributed by atoms with E-state index < -0.39 is 4.70 Å². The minimum Gasteiger partial charge on any atom is -0.340 e. The lowest BCUT2D eigenvalue weighted by Crippen LogP contribution is -2.49. The zero-order valence-corrected chi connectivity index (χ0v) is 30.4. The number of ether oxygens (including phenoxy) is 2. The summed E-state index contributed by atoms with van der Waals surface area (Å²) in [7, 11) is 6.72. The smallest absolute Gasteiger partial charge is 0.231 e. The molecule has 1 saturated heterocycles. The number of hydrogen-bond acceptors (Lipinski definition) is 2. The van der Waals surface area contributed by atoms with Crippen LogP contribution in [0.3, 0.4) is 0 Å². The predicted molar refractivity (Wildman–Crippen MR) is 185 cm³/mol. The van der Waals surface area contributed by atoms with Crippen molar-refractivity contribution < 1.29 is 14.0 Å². The van der Waals surface area contributed by atoms with Crippen LogP contribution in [0.2, 0.25) is 0 Å². The van der Waals surface area contributed by atoms with Gasteiger partial charge in [-0.2, -0.15) is 0 Å². The van der Waals surface area contributed by atoms with E-state index in [2.05, 4.69) is 50.9 Å². The molecule has 0 spiro atoms. The lowest BCUT2D eigenvalue weighted by Gasteiger charge is -2.44. The molecular formula is C37H75BrNO2+. The minimum absolute atomic E-state index is 0.213. The molecule has 0 N–H and O–H groups in total. The highest BCUT2D eigenvalue weighted by Crippen LogP contribution is 2.42. The van der Waals surface area contributed by atoms with Crippen LogP contribution < -0.4 is 0 Å². The van der Waals surface area contributed by atoms with Gasteiger partial charge < -0.3 is 14.0 Å². The number of hydrogen-bond donors (Lipinski definition) is 0. The van der Waals surface area contributed by atoms with E-state index in [4.69, 9.17) is 9.47 Å². The molecule has 0 aromatic carbocycles. The molecule has 1 heterocycles. The van der Waals surface area contributed by atoms with Gasteiger partial charge in [0.25, 0.3) is 0 Å². The lowest BCUT2D eigenvalue weighted by atomic mass is 9.78. The summed E-state index contributed by atoms with van der Waals surface area (Å²) in [4.78, 5) is 0. The van der Waals surface area contributed by atoms with Crippen LogP contribution in [0, 0.1) is 5.41 Å². The summed E-state index contributed by atoms with van der Waals surface area (Å²) in [5.74, 6) is 0. The summed E-state index contributed by atoms with van der Waals surface area (Å²) in [6.07, 6.45) is 37.3. The summed E-state index contributed by atoms with van der Waals surface area (Å²) < 4.78 is 13.3. The molecule has 0 unspecified atom stereocenters. The minimum atomic E-state index is -0.588. The third-order valence-electron chi connectivity index (χ3n) is 9.39.